The number of benzene rings is 1. The Morgan fingerprint density at radius 3 is 2.60 bits per heavy atom. The summed E-state index contributed by atoms with van der Waals surface area (Å²) in [4.78, 5) is 0. The first-order valence-electron chi connectivity index (χ1n) is 7.41. The highest BCUT2D eigenvalue weighted by molar-refractivity contribution is 5.43. The average molecular weight is 275 g/mol. The lowest BCUT2D eigenvalue weighted by molar-refractivity contribution is 0.352. The third-order valence-corrected chi connectivity index (χ3v) is 3.92. The first-order chi connectivity index (χ1) is 9.78. The highest BCUT2D eigenvalue weighted by Gasteiger charge is 2.17. The van der Waals surface area contributed by atoms with Crippen molar-refractivity contribution < 1.29 is 9.47 Å². The van der Waals surface area contributed by atoms with E-state index in [4.69, 9.17) is 9.47 Å². The lowest BCUT2D eigenvalue weighted by Gasteiger charge is -2.26. The van der Waals surface area contributed by atoms with Crippen LogP contribution in [0, 0.1) is 0 Å². The molecule has 1 aromatic rings. The maximum absolute atomic E-state index is 5.40. The lowest BCUT2D eigenvalue weighted by atomic mass is 9.97. The van der Waals surface area contributed by atoms with Crippen LogP contribution in [0.2, 0.25) is 0 Å². The van der Waals surface area contributed by atoms with Gasteiger partial charge in [-0.15, -0.1) is 0 Å². The molecule has 0 aromatic heterocycles. The molecule has 0 spiro atoms. The van der Waals surface area contributed by atoms with Crippen molar-refractivity contribution in [1.29, 1.82) is 0 Å². The molecule has 20 heavy (non-hydrogen) atoms. The van der Waals surface area contributed by atoms with Crippen molar-refractivity contribution in [3.05, 3.63) is 35.9 Å². The summed E-state index contributed by atoms with van der Waals surface area (Å²) in [5.41, 5.74) is 1.26. The van der Waals surface area contributed by atoms with Gasteiger partial charge in [-0.1, -0.05) is 25.1 Å². The second-order valence-corrected chi connectivity index (χ2v) is 5.22. The van der Waals surface area contributed by atoms with E-state index in [1.54, 1.807) is 14.2 Å². The molecule has 2 atom stereocenters. The smallest absolute Gasteiger partial charge is 0.161 e. The second kappa shape index (κ2) is 7.34. The molecule has 1 aliphatic rings. The van der Waals surface area contributed by atoms with Gasteiger partial charge >= 0.3 is 0 Å². The molecule has 2 unspecified atom stereocenters. The predicted molar refractivity (Wildman–Crippen MR) is 82.5 cm³/mol. The minimum absolute atomic E-state index is 0.367. The molecule has 0 saturated heterocycles. The molecule has 1 aromatic carbocycles. The van der Waals surface area contributed by atoms with Gasteiger partial charge in [-0.25, -0.2) is 0 Å². The summed E-state index contributed by atoms with van der Waals surface area (Å²) in [6.07, 6.45) is 9.15. The Morgan fingerprint density at radius 2 is 2.00 bits per heavy atom. The minimum atomic E-state index is 0.367. The number of methoxy groups -OCH3 is 2. The van der Waals surface area contributed by atoms with Gasteiger partial charge in [0.15, 0.2) is 11.5 Å². The van der Waals surface area contributed by atoms with E-state index in [9.17, 15) is 0 Å². The number of rotatable bonds is 6. The van der Waals surface area contributed by atoms with Crippen LogP contribution in [0.5, 0.6) is 11.5 Å². The molecular weight excluding hydrogens is 250 g/mol. The van der Waals surface area contributed by atoms with E-state index in [0.717, 1.165) is 24.3 Å². The van der Waals surface area contributed by atoms with Crippen LogP contribution in [0.3, 0.4) is 0 Å². The Balaban J connectivity index is 2.12. The highest BCUT2D eigenvalue weighted by Crippen LogP contribution is 2.31. The number of allylic oxidation sites excluding steroid dienone is 1. The normalized spacial score (nSPS) is 19.6. The summed E-state index contributed by atoms with van der Waals surface area (Å²) in [6, 6.07) is 7.14. The highest BCUT2D eigenvalue weighted by atomic mass is 16.5. The van der Waals surface area contributed by atoms with Crippen LogP contribution >= 0.6 is 0 Å². The molecule has 1 aliphatic carbocycles. The van der Waals surface area contributed by atoms with Crippen molar-refractivity contribution in [2.75, 3.05) is 14.2 Å². The molecule has 2 rings (SSSR count). The fourth-order valence-electron chi connectivity index (χ4n) is 2.75. The lowest BCUT2D eigenvalue weighted by Crippen LogP contribution is -2.33. The quantitative estimate of drug-likeness (QED) is 0.800. The zero-order valence-electron chi connectivity index (χ0n) is 12.7. The summed E-state index contributed by atoms with van der Waals surface area (Å²) >= 11 is 0. The monoisotopic (exact) mass is 275 g/mol. The van der Waals surface area contributed by atoms with Crippen molar-refractivity contribution >= 4 is 0 Å². The SMILES string of the molecule is CCC(NC1CC=CCC1)c1ccc(OC)c(OC)c1. The Hall–Kier alpha value is -1.48. The van der Waals surface area contributed by atoms with E-state index in [0.29, 0.717) is 12.1 Å². The molecule has 1 N–H and O–H groups in total. The predicted octanol–water partition coefficient (Wildman–Crippen LogP) is 3.85. The van der Waals surface area contributed by atoms with Gasteiger partial charge in [0, 0.05) is 12.1 Å². The summed E-state index contributed by atoms with van der Waals surface area (Å²) < 4.78 is 10.7. The summed E-state index contributed by atoms with van der Waals surface area (Å²) in [5.74, 6) is 1.58. The average Bonchev–Trinajstić information content (AvgIpc) is 2.53. The van der Waals surface area contributed by atoms with Gasteiger partial charge in [0.2, 0.25) is 0 Å². The van der Waals surface area contributed by atoms with Gasteiger partial charge in [0.1, 0.15) is 0 Å². The van der Waals surface area contributed by atoms with Crippen molar-refractivity contribution in [3.63, 3.8) is 0 Å². The van der Waals surface area contributed by atoms with Gasteiger partial charge in [0.25, 0.3) is 0 Å². The van der Waals surface area contributed by atoms with E-state index in [1.807, 2.05) is 6.07 Å². The standard InChI is InChI=1S/C17H25NO2/c1-4-15(18-14-8-6-5-7-9-14)13-10-11-16(19-2)17(12-13)20-3/h5-6,10-12,14-15,18H,4,7-9H2,1-3H3. The molecule has 0 fully saturated rings. The minimum Gasteiger partial charge on any atom is -0.493 e. The number of hydrogen-bond acceptors (Lipinski definition) is 3. The third-order valence-electron chi connectivity index (χ3n) is 3.92. The van der Waals surface area contributed by atoms with Crippen molar-refractivity contribution in [3.8, 4) is 11.5 Å². The Bertz CT molecular complexity index is 456. The van der Waals surface area contributed by atoms with E-state index in [-0.39, 0.29) is 0 Å². The van der Waals surface area contributed by atoms with Gasteiger partial charge in [-0.3, -0.25) is 0 Å². The van der Waals surface area contributed by atoms with Gasteiger partial charge in [-0.05, 0) is 43.4 Å². The molecule has 0 amide bonds. The topological polar surface area (TPSA) is 30.5 Å². The fraction of sp³-hybridized carbons (Fsp3) is 0.529. The maximum atomic E-state index is 5.40. The van der Waals surface area contributed by atoms with Crippen LogP contribution in [0.1, 0.15) is 44.2 Å². The van der Waals surface area contributed by atoms with E-state index < -0.39 is 0 Å². The van der Waals surface area contributed by atoms with Crippen LogP contribution in [0.4, 0.5) is 0 Å². The third kappa shape index (κ3) is 3.54. The first-order valence-corrected chi connectivity index (χ1v) is 7.41. The number of hydrogen-bond donors (Lipinski definition) is 1. The Kier molecular flexibility index (Phi) is 5.48. The zero-order chi connectivity index (χ0) is 14.4. The summed E-state index contributed by atoms with van der Waals surface area (Å²) in [6.45, 7) is 2.22. The first kappa shape index (κ1) is 14.9. The molecule has 0 bridgehead atoms. The van der Waals surface area contributed by atoms with E-state index >= 15 is 0 Å². The molecule has 0 aliphatic heterocycles. The van der Waals surface area contributed by atoms with Crippen LogP contribution in [-0.2, 0) is 0 Å². The molecule has 3 nitrogen and oxygen atoms in total. The molecule has 3 heteroatoms. The largest absolute Gasteiger partial charge is 0.493 e. The van der Waals surface area contributed by atoms with E-state index in [1.165, 1.54) is 18.4 Å². The van der Waals surface area contributed by atoms with Gasteiger partial charge in [-0.2, -0.15) is 0 Å². The molecule has 110 valence electrons. The van der Waals surface area contributed by atoms with Gasteiger partial charge < -0.3 is 14.8 Å². The molecule has 0 saturated carbocycles. The molecular formula is C17H25NO2. The fourth-order valence-corrected chi connectivity index (χ4v) is 2.75. The number of nitrogens with one attached hydrogen (secondary N) is 1. The summed E-state index contributed by atoms with van der Waals surface area (Å²) in [7, 11) is 3.35. The Labute approximate surface area is 122 Å². The second-order valence-electron chi connectivity index (χ2n) is 5.22. The van der Waals surface area contributed by atoms with Crippen LogP contribution in [0.15, 0.2) is 30.4 Å². The van der Waals surface area contributed by atoms with E-state index in [2.05, 4.69) is 36.5 Å². The summed E-state index contributed by atoms with van der Waals surface area (Å²) in [5, 5.41) is 3.76. The van der Waals surface area contributed by atoms with Crippen LogP contribution in [0.25, 0.3) is 0 Å². The Morgan fingerprint density at radius 1 is 1.20 bits per heavy atom. The maximum Gasteiger partial charge on any atom is 0.161 e. The van der Waals surface area contributed by atoms with Gasteiger partial charge in [0.05, 0.1) is 14.2 Å². The molecule has 0 heterocycles. The molecule has 0 radical (unpaired) electrons. The van der Waals surface area contributed by atoms with Crippen molar-refractivity contribution in [2.45, 2.75) is 44.7 Å². The van der Waals surface area contributed by atoms with Crippen molar-refractivity contribution in [1.82, 2.24) is 5.32 Å². The zero-order valence-corrected chi connectivity index (χ0v) is 12.7. The van der Waals surface area contributed by atoms with Crippen molar-refractivity contribution in [2.24, 2.45) is 0 Å². The van der Waals surface area contributed by atoms with Crippen LogP contribution < -0.4 is 14.8 Å². The van der Waals surface area contributed by atoms with Crippen LogP contribution in [-0.4, -0.2) is 20.3 Å². The number of ether oxygens (including phenoxy) is 2.